The van der Waals surface area contributed by atoms with Crippen molar-refractivity contribution < 1.29 is 0 Å². The summed E-state index contributed by atoms with van der Waals surface area (Å²) in [7, 11) is 2.01. The van der Waals surface area contributed by atoms with Gasteiger partial charge in [-0.05, 0) is 51.7 Å². The summed E-state index contributed by atoms with van der Waals surface area (Å²) in [6.45, 7) is 9.21. The predicted molar refractivity (Wildman–Crippen MR) is 83.8 cm³/mol. The summed E-state index contributed by atoms with van der Waals surface area (Å²) in [4.78, 5) is 2.61. The van der Waals surface area contributed by atoms with Crippen LogP contribution in [0.25, 0.3) is 0 Å². The third-order valence-electron chi connectivity index (χ3n) is 4.27. The summed E-state index contributed by atoms with van der Waals surface area (Å²) in [5.74, 6) is 0. The molecular weight excluding hydrogens is 248 g/mol. The number of nitrogens with one attached hydrogen (secondary N) is 1. The average molecular weight is 278 g/mol. The van der Waals surface area contributed by atoms with E-state index in [0.29, 0.717) is 6.04 Å². The summed E-state index contributed by atoms with van der Waals surface area (Å²) in [5, 5.41) is 8.26. The quantitative estimate of drug-likeness (QED) is 0.867. The second-order valence-electron chi connectivity index (χ2n) is 5.98. The van der Waals surface area contributed by atoms with Gasteiger partial charge in [0.2, 0.25) is 0 Å². The van der Waals surface area contributed by atoms with Gasteiger partial charge in [-0.15, -0.1) is 0 Å². The molecule has 1 saturated heterocycles. The number of rotatable bonds is 6. The fourth-order valence-corrected chi connectivity index (χ4v) is 3.18. The van der Waals surface area contributed by atoms with E-state index < -0.39 is 0 Å². The average Bonchev–Trinajstić information content (AvgIpc) is 2.65. The van der Waals surface area contributed by atoms with Crippen LogP contribution in [-0.4, -0.2) is 40.4 Å². The van der Waals surface area contributed by atoms with Crippen LogP contribution >= 0.6 is 0 Å². The molecule has 0 spiro atoms. The van der Waals surface area contributed by atoms with Crippen molar-refractivity contribution in [1.29, 1.82) is 0 Å². The SMILES string of the molecule is CCCN1CCCC(NCc2cn(C)nc2CC)CC1. The normalized spacial score (nSPS) is 21.1. The zero-order valence-corrected chi connectivity index (χ0v) is 13.4. The van der Waals surface area contributed by atoms with Gasteiger partial charge in [-0.1, -0.05) is 13.8 Å². The van der Waals surface area contributed by atoms with Crippen molar-refractivity contribution in [2.24, 2.45) is 7.05 Å². The van der Waals surface area contributed by atoms with Gasteiger partial charge in [0.15, 0.2) is 0 Å². The van der Waals surface area contributed by atoms with E-state index in [9.17, 15) is 0 Å². The van der Waals surface area contributed by atoms with Crippen molar-refractivity contribution in [3.05, 3.63) is 17.5 Å². The molecule has 0 saturated carbocycles. The largest absolute Gasteiger partial charge is 0.310 e. The second-order valence-corrected chi connectivity index (χ2v) is 5.98. The maximum Gasteiger partial charge on any atom is 0.0666 e. The van der Waals surface area contributed by atoms with Crippen molar-refractivity contribution in [3.8, 4) is 0 Å². The Morgan fingerprint density at radius 2 is 2.15 bits per heavy atom. The summed E-state index contributed by atoms with van der Waals surface area (Å²) < 4.78 is 1.94. The molecule has 1 aromatic heterocycles. The minimum absolute atomic E-state index is 0.668. The van der Waals surface area contributed by atoms with Crippen LogP contribution in [0.3, 0.4) is 0 Å². The third kappa shape index (κ3) is 4.32. The maximum atomic E-state index is 4.52. The Bertz CT molecular complexity index is 399. The molecule has 20 heavy (non-hydrogen) atoms. The Labute approximate surface area is 123 Å². The lowest BCUT2D eigenvalue weighted by Crippen LogP contribution is -2.31. The number of hydrogen-bond acceptors (Lipinski definition) is 3. The van der Waals surface area contributed by atoms with Crippen LogP contribution < -0.4 is 5.32 Å². The Hall–Kier alpha value is -0.870. The van der Waals surface area contributed by atoms with E-state index >= 15 is 0 Å². The fraction of sp³-hybridized carbons (Fsp3) is 0.812. The van der Waals surface area contributed by atoms with Crippen LogP contribution in [0.4, 0.5) is 0 Å². The zero-order chi connectivity index (χ0) is 14.4. The number of aryl methyl sites for hydroxylation is 2. The first kappa shape index (κ1) is 15.5. The topological polar surface area (TPSA) is 33.1 Å². The summed E-state index contributed by atoms with van der Waals surface area (Å²) >= 11 is 0. The lowest BCUT2D eigenvalue weighted by Gasteiger charge is -2.19. The Kier molecular flexibility index (Phi) is 6.05. The molecule has 4 nitrogen and oxygen atoms in total. The molecule has 4 heteroatoms. The van der Waals surface area contributed by atoms with Gasteiger partial charge in [0.1, 0.15) is 0 Å². The molecule has 2 rings (SSSR count). The summed E-state index contributed by atoms with van der Waals surface area (Å²) in [6, 6.07) is 0.668. The zero-order valence-electron chi connectivity index (χ0n) is 13.4. The highest BCUT2D eigenvalue weighted by molar-refractivity contribution is 5.16. The standard InChI is InChI=1S/C16H30N4/c1-4-9-20-10-6-7-15(8-11-20)17-12-14-13-19(3)18-16(14)5-2/h13,15,17H,4-12H2,1-3H3. The Balaban J connectivity index is 1.81. The van der Waals surface area contributed by atoms with Crippen LogP contribution in [0, 0.1) is 0 Å². The molecule has 1 atom stereocenters. The molecule has 0 bridgehead atoms. The van der Waals surface area contributed by atoms with Crippen molar-refractivity contribution in [2.75, 3.05) is 19.6 Å². The first-order valence-electron chi connectivity index (χ1n) is 8.20. The first-order chi connectivity index (χ1) is 9.72. The van der Waals surface area contributed by atoms with Gasteiger partial charge in [0.05, 0.1) is 5.69 Å². The third-order valence-corrected chi connectivity index (χ3v) is 4.27. The molecule has 1 aliphatic rings. The van der Waals surface area contributed by atoms with Crippen LogP contribution in [0.5, 0.6) is 0 Å². The van der Waals surface area contributed by atoms with E-state index in [1.807, 2.05) is 11.7 Å². The van der Waals surface area contributed by atoms with Gasteiger partial charge in [-0.2, -0.15) is 5.10 Å². The van der Waals surface area contributed by atoms with Crippen molar-refractivity contribution in [3.63, 3.8) is 0 Å². The van der Waals surface area contributed by atoms with E-state index in [2.05, 4.69) is 35.4 Å². The van der Waals surface area contributed by atoms with Crippen molar-refractivity contribution >= 4 is 0 Å². The number of nitrogens with zero attached hydrogens (tertiary/aromatic N) is 3. The number of likely N-dealkylation sites (tertiary alicyclic amines) is 1. The van der Waals surface area contributed by atoms with E-state index in [1.54, 1.807) is 0 Å². The van der Waals surface area contributed by atoms with Crippen molar-refractivity contribution in [2.45, 2.75) is 58.5 Å². The Morgan fingerprint density at radius 1 is 1.30 bits per heavy atom. The number of hydrogen-bond donors (Lipinski definition) is 1. The van der Waals surface area contributed by atoms with Crippen LogP contribution in [0.15, 0.2) is 6.20 Å². The molecule has 1 fully saturated rings. The van der Waals surface area contributed by atoms with Gasteiger partial charge in [0, 0.05) is 31.4 Å². The molecule has 0 amide bonds. The molecule has 0 aromatic carbocycles. The van der Waals surface area contributed by atoms with Crippen LogP contribution in [0.1, 0.15) is 50.8 Å². The molecule has 2 heterocycles. The van der Waals surface area contributed by atoms with E-state index in [1.165, 1.54) is 56.6 Å². The van der Waals surface area contributed by atoms with Gasteiger partial charge >= 0.3 is 0 Å². The minimum atomic E-state index is 0.668. The molecule has 0 radical (unpaired) electrons. The van der Waals surface area contributed by atoms with E-state index in [4.69, 9.17) is 0 Å². The Morgan fingerprint density at radius 3 is 2.90 bits per heavy atom. The molecule has 0 aliphatic carbocycles. The first-order valence-corrected chi connectivity index (χ1v) is 8.20. The highest BCUT2D eigenvalue weighted by Gasteiger charge is 2.16. The molecule has 1 aliphatic heterocycles. The fourth-order valence-electron chi connectivity index (χ4n) is 3.18. The predicted octanol–water partition coefficient (Wildman–Crippen LogP) is 2.34. The highest BCUT2D eigenvalue weighted by atomic mass is 15.3. The molecule has 1 unspecified atom stereocenters. The maximum absolute atomic E-state index is 4.52. The lowest BCUT2D eigenvalue weighted by molar-refractivity contribution is 0.282. The van der Waals surface area contributed by atoms with E-state index in [0.717, 1.165) is 13.0 Å². The number of aromatic nitrogens is 2. The summed E-state index contributed by atoms with van der Waals surface area (Å²) in [5.41, 5.74) is 2.60. The van der Waals surface area contributed by atoms with Crippen molar-refractivity contribution in [1.82, 2.24) is 20.0 Å². The molecule has 1 N–H and O–H groups in total. The molecule has 114 valence electrons. The summed E-state index contributed by atoms with van der Waals surface area (Å²) in [6.07, 6.45) is 8.36. The minimum Gasteiger partial charge on any atom is -0.310 e. The smallest absolute Gasteiger partial charge is 0.0666 e. The van der Waals surface area contributed by atoms with Gasteiger partial charge < -0.3 is 10.2 Å². The second kappa shape index (κ2) is 7.79. The monoisotopic (exact) mass is 278 g/mol. The van der Waals surface area contributed by atoms with E-state index in [-0.39, 0.29) is 0 Å². The van der Waals surface area contributed by atoms with Gasteiger partial charge in [0.25, 0.3) is 0 Å². The molecular formula is C16H30N4. The van der Waals surface area contributed by atoms with Crippen LogP contribution in [0.2, 0.25) is 0 Å². The molecule has 1 aromatic rings. The highest BCUT2D eigenvalue weighted by Crippen LogP contribution is 2.13. The van der Waals surface area contributed by atoms with Crippen LogP contribution in [-0.2, 0) is 20.0 Å². The lowest BCUT2D eigenvalue weighted by atomic mass is 10.1. The van der Waals surface area contributed by atoms with Gasteiger partial charge in [-0.25, -0.2) is 0 Å². The van der Waals surface area contributed by atoms with Gasteiger partial charge in [-0.3, -0.25) is 4.68 Å².